The van der Waals surface area contributed by atoms with Crippen LogP contribution in [0, 0.1) is 0 Å². The molecule has 14 heavy (non-hydrogen) atoms. The molecule has 0 atom stereocenters. The summed E-state index contributed by atoms with van der Waals surface area (Å²) in [4.78, 5) is 0. The second kappa shape index (κ2) is 4.94. The van der Waals surface area contributed by atoms with Crippen molar-refractivity contribution in [2.45, 2.75) is 40.3 Å². The van der Waals surface area contributed by atoms with E-state index in [4.69, 9.17) is 0 Å². The fourth-order valence-electron chi connectivity index (χ4n) is 1.64. The molecule has 76 valence electrons. The van der Waals surface area contributed by atoms with E-state index in [0.29, 0.717) is 6.04 Å². The quantitative estimate of drug-likeness (QED) is 0.509. The predicted molar refractivity (Wildman–Crippen MR) is 61.9 cm³/mol. The van der Waals surface area contributed by atoms with Crippen molar-refractivity contribution in [3.8, 4) is 0 Å². The minimum Gasteiger partial charge on any atom is -0.231 e. The van der Waals surface area contributed by atoms with Crippen molar-refractivity contribution in [3.63, 3.8) is 0 Å². The molecule has 0 bridgehead atoms. The van der Waals surface area contributed by atoms with Crippen LogP contribution in [0.25, 0.3) is 0 Å². The molecule has 0 aliphatic rings. The Labute approximate surface area is 87.1 Å². The summed E-state index contributed by atoms with van der Waals surface area (Å²) in [7, 11) is 0. The van der Waals surface area contributed by atoms with Crippen LogP contribution in [0.15, 0.2) is 30.3 Å². The molecule has 1 nitrogen and oxygen atoms in total. The van der Waals surface area contributed by atoms with E-state index in [2.05, 4.69) is 62.6 Å². The molecule has 1 rings (SSSR count). The lowest BCUT2D eigenvalue weighted by Gasteiger charge is -2.09. The Morgan fingerprint density at radius 3 is 2.14 bits per heavy atom. The van der Waals surface area contributed by atoms with Gasteiger partial charge >= 0.3 is 0 Å². The van der Waals surface area contributed by atoms with Crippen LogP contribution in [0.2, 0.25) is 0 Å². The van der Waals surface area contributed by atoms with Crippen LogP contribution in [0.5, 0.6) is 0 Å². The molecule has 0 aliphatic carbocycles. The van der Waals surface area contributed by atoms with Crippen molar-refractivity contribution in [2.24, 2.45) is 0 Å². The van der Waals surface area contributed by atoms with Crippen LogP contribution >= 0.6 is 0 Å². The van der Waals surface area contributed by atoms with Crippen molar-refractivity contribution >= 4 is 5.71 Å². The zero-order valence-corrected chi connectivity index (χ0v) is 9.62. The molecule has 0 heterocycles. The summed E-state index contributed by atoms with van der Waals surface area (Å²) in [6, 6.07) is 11.2. The van der Waals surface area contributed by atoms with Gasteiger partial charge in [-0.15, -0.1) is 0 Å². The molecular weight excluding hydrogens is 170 g/mol. The topological polar surface area (TPSA) is 3.01 Å². The predicted octanol–water partition coefficient (Wildman–Crippen LogP) is 3.09. The first-order chi connectivity index (χ1) is 6.61. The fourth-order valence-corrected chi connectivity index (χ4v) is 1.64. The number of hydrogen-bond donors (Lipinski definition) is 0. The number of benzene rings is 1. The number of rotatable bonds is 3. The van der Waals surface area contributed by atoms with Gasteiger partial charge in [0.1, 0.15) is 11.8 Å². The first kappa shape index (κ1) is 11.0. The lowest BCUT2D eigenvalue weighted by Crippen LogP contribution is -2.24. The van der Waals surface area contributed by atoms with Gasteiger partial charge in [-0.05, 0) is 13.8 Å². The van der Waals surface area contributed by atoms with E-state index >= 15 is 0 Å². The molecule has 0 N–H and O–H groups in total. The summed E-state index contributed by atoms with van der Waals surface area (Å²) in [6.07, 6.45) is 0. The van der Waals surface area contributed by atoms with Crippen LogP contribution in [0.1, 0.15) is 33.3 Å². The second-order valence-corrected chi connectivity index (χ2v) is 4.15. The highest BCUT2D eigenvalue weighted by molar-refractivity contribution is 5.73. The van der Waals surface area contributed by atoms with Crippen LogP contribution in [0.4, 0.5) is 0 Å². The SMILES string of the molecule is CC(C)=[N+](Cc1ccccc1)C(C)C. The minimum absolute atomic E-state index is 0.570. The van der Waals surface area contributed by atoms with Crippen molar-refractivity contribution in [3.05, 3.63) is 35.9 Å². The van der Waals surface area contributed by atoms with Crippen LogP contribution in [-0.4, -0.2) is 16.3 Å². The molecule has 1 aromatic carbocycles. The lowest BCUT2D eigenvalue weighted by atomic mass is 10.2. The van der Waals surface area contributed by atoms with E-state index in [0.717, 1.165) is 6.54 Å². The molecule has 1 heteroatoms. The molecule has 0 aromatic heterocycles. The molecule has 0 saturated carbocycles. The largest absolute Gasteiger partial charge is 0.231 e. The Bertz CT molecular complexity index is 305. The van der Waals surface area contributed by atoms with Gasteiger partial charge < -0.3 is 0 Å². The average molecular weight is 190 g/mol. The van der Waals surface area contributed by atoms with Crippen molar-refractivity contribution in [1.29, 1.82) is 0 Å². The number of nitrogens with zero attached hydrogens (tertiary/aromatic N) is 1. The van der Waals surface area contributed by atoms with Gasteiger partial charge in [-0.3, -0.25) is 0 Å². The fraction of sp³-hybridized carbons (Fsp3) is 0.462. The van der Waals surface area contributed by atoms with Crippen molar-refractivity contribution < 1.29 is 4.58 Å². The van der Waals surface area contributed by atoms with Crippen molar-refractivity contribution in [2.75, 3.05) is 0 Å². The Kier molecular flexibility index (Phi) is 3.87. The zero-order chi connectivity index (χ0) is 10.6. The second-order valence-electron chi connectivity index (χ2n) is 4.15. The Morgan fingerprint density at radius 1 is 1.14 bits per heavy atom. The first-order valence-corrected chi connectivity index (χ1v) is 5.22. The van der Waals surface area contributed by atoms with Gasteiger partial charge in [0.2, 0.25) is 0 Å². The van der Waals surface area contributed by atoms with Gasteiger partial charge in [0.15, 0.2) is 6.54 Å². The molecule has 0 aliphatic heterocycles. The standard InChI is InChI=1S/C13H20N/c1-11(2)14(12(3)4)10-13-8-6-5-7-9-13/h5-9,11H,10H2,1-4H3/q+1. The highest BCUT2D eigenvalue weighted by Crippen LogP contribution is 2.03. The maximum atomic E-state index is 2.41. The third kappa shape index (κ3) is 2.99. The zero-order valence-electron chi connectivity index (χ0n) is 9.62. The van der Waals surface area contributed by atoms with Gasteiger partial charge in [0.05, 0.1) is 0 Å². The molecule has 0 spiro atoms. The summed E-state index contributed by atoms with van der Waals surface area (Å²) in [5.41, 5.74) is 2.76. The van der Waals surface area contributed by atoms with E-state index in [9.17, 15) is 0 Å². The molecular formula is C13H20N+. The lowest BCUT2D eigenvalue weighted by molar-refractivity contribution is -0.574. The van der Waals surface area contributed by atoms with Crippen molar-refractivity contribution in [1.82, 2.24) is 0 Å². The Hall–Kier alpha value is -1.11. The van der Waals surface area contributed by atoms with E-state index < -0.39 is 0 Å². The first-order valence-electron chi connectivity index (χ1n) is 5.22. The summed E-state index contributed by atoms with van der Waals surface area (Å²) >= 11 is 0. The van der Waals surface area contributed by atoms with Crippen LogP contribution in [0.3, 0.4) is 0 Å². The molecule has 0 amide bonds. The molecule has 0 unspecified atom stereocenters. The summed E-state index contributed by atoms with van der Waals surface area (Å²) in [5.74, 6) is 0. The van der Waals surface area contributed by atoms with Gasteiger partial charge in [0, 0.05) is 19.4 Å². The summed E-state index contributed by atoms with van der Waals surface area (Å²) in [6.45, 7) is 9.82. The van der Waals surface area contributed by atoms with E-state index in [-0.39, 0.29) is 0 Å². The van der Waals surface area contributed by atoms with Gasteiger partial charge in [-0.25, -0.2) is 4.58 Å². The normalized spacial score (nSPS) is 10.4. The van der Waals surface area contributed by atoms with Crippen LogP contribution < -0.4 is 0 Å². The molecule has 0 fully saturated rings. The maximum Gasteiger partial charge on any atom is 0.168 e. The Balaban J connectivity index is 2.82. The molecule has 0 radical (unpaired) electrons. The third-order valence-corrected chi connectivity index (χ3v) is 2.39. The Morgan fingerprint density at radius 2 is 1.71 bits per heavy atom. The highest BCUT2D eigenvalue weighted by Gasteiger charge is 2.11. The van der Waals surface area contributed by atoms with Gasteiger partial charge in [-0.2, -0.15) is 0 Å². The van der Waals surface area contributed by atoms with Crippen LogP contribution in [-0.2, 0) is 6.54 Å². The summed E-state index contributed by atoms with van der Waals surface area (Å²) < 4.78 is 2.41. The van der Waals surface area contributed by atoms with E-state index in [1.807, 2.05) is 0 Å². The molecule has 1 aromatic rings. The van der Waals surface area contributed by atoms with Gasteiger partial charge in [-0.1, -0.05) is 30.3 Å². The van der Waals surface area contributed by atoms with Gasteiger partial charge in [0.25, 0.3) is 0 Å². The third-order valence-electron chi connectivity index (χ3n) is 2.39. The maximum absolute atomic E-state index is 2.41. The number of hydrogen-bond acceptors (Lipinski definition) is 0. The summed E-state index contributed by atoms with van der Waals surface area (Å²) in [5, 5.41) is 0. The molecule has 0 saturated heterocycles. The highest BCUT2D eigenvalue weighted by atomic mass is 15.0. The minimum atomic E-state index is 0.570. The average Bonchev–Trinajstić information content (AvgIpc) is 2.15. The smallest absolute Gasteiger partial charge is 0.168 e. The van der Waals surface area contributed by atoms with E-state index in [1.165, 1.54) is 11.3 Å². The van der Waals surface area contributed by atoms with E-state index in [1.54, 1.807) is 0 Å². The monoisotopic (exact) mass is 190 g/mol.